The molecule has 3 atom stereocenters. The molecule has 2 amide bonds. The van der Waals surface area contributed by atoms with Gasteiger partial charge < -0.3 is 25.5 Å². The lowest BCUT2D eigenvalue weighted by Gasteiger charge is -2.33. The van der Waals surface area contributed by atoms with Gasteiger partial charge in [0.05, 0.1) is 18.7 Å². The smallest absolute Gasteiger partial charge is 0.287 e. The Labute approximate surface area is 157 Å². The second-order valence-corrected chi connectivity index (χ2v) is 6.55. The molecule has 0 saturated heterocycles. The summed E-state index contributed by atoms with van der Waals surface area (Å²) in [7, 11) is 0. The van der Waals surface area contributed by atoms with E-state index in [1.807, 2.05) is 30.3 Å². The zero-order chi connectivity index (χ0) is 19.1. The van der Waals surface area contributed by atoms with Crippen molar-refractivity contribution in [1.82, 2.24) is 20.6 Å². The molecule has 1 aromatic carbocycles. The van der Waals surface area contributed by atoms with Gasteiger partial charge in [0.2, 0.25) is 5.91 Å². The number of imidazole rings is 1. The Hall–Kier alpha value is -2.87. The van der Waals surface area contributed by atoms with Crippen LogP contribution in [0.1, 0.15) is 29.9 Å². The second-order valence-electron chi connectivity index (χ2n) is 6.55. The molecule has 1 aliphatic carbocycles. The van der Waals surface area contributed by atoms with Crippen LogP contribution in [-0.2, 0) is 4.79 Å². The maximum absolute atomic E-state index is 12.4. The summed E-state index contributed by atoms with van der Waals surface area (Å²) in [6.07, 6.45) is 3.80. The molecular formula is C19H24N4O4. The van der Waals surface area contributed by atoms with Crippen LogP contribution < -0.4 is 15.4 Å². The molecular weight excluding hydrogens is 348 g/mol. The van der Waals surface area contributed by atoms with Crippen LogP contribution in [0.3, 0.4) is 0 Å². The van der Waals surface area contributed by atoms with Gasteiger partial charge in [-0.25, -0.2) is 4.98 Å². The fraction of sp³-hybridized carbons (Fsp3) is 0.421. The normalized spacial score (nSPS) is 22.0. The van der Waals surface area contributed by atoms with Crippen LogP contribution in [0.5, 0.6) is 5.75 Å². The van der Waals surface area contributed by atoms with E-state index < -0.39 is 12.1 Å². The first-order valence-electron chi connectivity index (χ1n) is 9.07. The average molecular weight is 372 g/mol. The quantitative estimate of drug-likeness (QED) is 0.538. The largest absolute Gasteiger partial charge is 0.492 e. The van der Waals surface area contributed by atoms with E-state index in [1.165, 1.54) is 6.20 Å². The number of aliphatic hydroxyl groups is 1. The van der Waals surface area contributed by atoms with Gasteiger partial charge in [-0.15, -0.1) is 0 Å². The first-order chi connectivity index (χ1) is 13.1. The number of aliphatic hydroxyl groups excluding tert-OH is 1. The van der Waals surface area contributed by atoms with Crippen LogP contribution in [0, 0.1) is 5.92 Å². The Balaban J connectivity index is 1.43. The molecule has 0 unspecified atom stereocenters. The fourth-order valence-corrected chi connectivity index (χ4v) is 3.18. The summed E-state index contributed by atoms with van der Waals surface area (Å²) < 4.78 is 5.55. The average Bonchev–Trinajstić information content (AvgIpc) is 3.22. The highest BCUT2D eigenvalue weighted by Gasteiger charge is 2.34. The minimum Gasteiger partial charge on any atom is -0.492 e. The van der Waals surface area contributed by atoms with Crippen molar-refractivity contribution in [2.24, 2.45) is 5.92 Å². The number of nitrogens with one attached hydrogen (secondary N) is 3. The van der Waals surface area contributed by atoms with E-state index in [-0.39, 0.29) is 23.6 Å². The minimum absolute atomic E-state index is 0.0872. The standard InChI is InChI=1S/C19H24N4O4/c24-16-7-6-13(12-15(16)23-19(26)17-20-8-9-21-17)18(25)22-10-11-27-14-4-2-1-3-5-14/h1-5,8-9,13,15-16,24H,6-7,10-12H2,(H,20,21)(H,22,25)(H,23,26)/t13-,15+,16+/m0/s1. The van der Waals surface area contributed by atoms with E-state index in [2.05, 4.69) is 20.6 Å². The maximum Gasteiger partial charge on any atom is 0.287 e. The van der Waals surface area contributed by atoms with E-state index in [0.29, 0.717) is 32.4 Å². The van der Waals surface area contributed by atoms with E-state index in [9.17, 15) is 14.7 Å². The van der Waals surface area contributed by atoms with Crippen LogP contribution in [0.2, 0.25) is 0 Å². The number of nitrogens with zero attached hydrogens (tertiary/aromatic N) is 1. The maximum atomic E-state index is 12.4. The number of H-pyrrole nitrogens is 1. The molecule has 144 valence electrons. The highest BCUT2D eigenvalue weighted by atomic mass is 16.5. The highest BCUT2D eigenvalue weighted by molar-refractivity contribution is 5.90. The Morgan fingerprint density at radius 2 is 2.07 bits per heavy atom. The predicted octanol–water partition coefficient (Wildman–Crippen LogP) is 0.864. The molecule has 3 rings (SSSR count). The Morgan fingerprint density at radius 1 is 1.26 bits per heavy atom. The van der Waals surface area contributed by atoms with Crippen molar-refractivity contribution in [3.05, 3.63) is 48.5 Å². The number of hydrogen-bond acceptors (Lipinski definition) is 5. The molecule has 8 nitrogen and oxygen atoms in total. The number of carbonyl (C=O) groups excluding carboxylic acids is 2. The van der Waals surface area contributed by atoms with Gasteiger partial charge in [-0.3, -0.25) is 9.59 Å². The first kappa shape index (κ1) is 18.9. The predicted molar refractivity (Wildman–Crippen MR) is 98.1 cm³/mol. The van der Waals surface area contributed by atoms with Crippen LogP contribution >= 0.6 is 0 Å². The lowest BCUT2D eigenvalue weighted by atomic mass is 9.83. The molecule has 0 bridgehead atoms. The Morgan fingerprint density at radius 3 is 2.81 bits per heavy atom. The number of hydrogen-bond donors (Lipinski definition) is 4. The SMILES string of the molecule is O=C(N[C@@H]1C[C@@H](C(=O)NCCOc2ccccc2)CC[C@H]1O)c1ncc[nH]1. The molecule has 8 heteroatoms. The third-order valence-electron chi connectivity index (χ3n) is 4.63. The molecule has 0 spiro atoms. The van der Waals surface area contributed by atoms with Crippen molar-refractivity contribution in [1.29, 1.82) is 0 Å². The molecule has 4 N–H and O–H groups in total. The number of aromatic nitrogens is 2. The second kappa shape index (κ2) is 9.18. The molecule has 2 aromatic rings. The van der Waals surface area contributed by atoms with Gasteiger partial charge in [0.25, 0.3) is 5.91 Å². The summed E-state index contributed by atoms with van der Waals surface area (Å²) in [4.78, 5) is 31.1. The van der Waals surface area contributed by atoms with E-state index in [4.69, 9.17) is 4.74 Å². The van der Waals surface area contributed by atoms with Crippen LogP contribution in [-0.4, -0.2) is 52.2 Å². The summed E-state index contributed by atoms with van der Waals surface area (Å²) in [5, 5.41) is 15.8. The molecule has 1 aromatic heterocycles. The van der Waals surface area contributed by atoms with Gasteiger partial charge in [-0.2, -0.15) is 0 Å². The van der Waals surface area contributed by atoms with E-state index in [1.54, 1.807) is 6.20 Å². The summed E-state index contributed by atoms with van der Waals surface area (Å²) >= 11 is 0. The number of carbonyl (C=O) groups is 2. The van der Waals surface area contributed by atoms with Crippen LogP contribution in [0.15, 0.2) is 42.7 Å². The first-order valence-corrected chi connectivity index (χ1v) is 9.07. The van der Waals surface area contributed by atoms with Crippen molar-refractivity contribution < 1.29 is 19.4 Å². The monoisotopic (exact) mass is 372 g/mol. The Kier molecular flexibility index (Phi) is 6.43. The highest BCUT2D eigenvalue weighted by Crippen LogP contribution is 2.25. The van der Waals surface area contributed by atoms with Crippen molar-refractivity contribution >= 4 is 11.8 Å². The summed E-state index contributed by atoms with van der Waals surface area (Å²) in [6.45, 7) is 0.778. The topological polar surface area (TPSA) is 116 Å². The number of rotatable bonds is 7. The third-order valence-corrected chi connectivity index (χ3v) is 4.63. The molecule has 0 aliphatic heterocycles. The van der Waals surface area contributed by atoms with Gasteiger partial charge in [-0.1, -0.05) is 18.2 Å². The number of amides is 2. The number of ether oxygens (including phenoxy) is 1. The molecule has 1 heterocycles. The number of benzene rings is 1. The van der Waals surface area contributed by atoms with Crippen molar-refractivity contribution in [3.63, 3.8) is 0 Å². The van der Waals surface area contributed by atoms with Crippen molar-refractivity contribution in [2.45, 2.75) is 31.4 Å². The lowest BCUT2D eigenvalue weighted by Crippen LogP contribution is -2.50. The van der Waals surface area contributed by atoms with Gasteiger partial charge in [0, 0.05) is 18.3 Å². The fourth-order valence-electron chi connectivity index (χ4n) is 3.18. The lowest BCUT2D eigenvalue weighted by molar-refractivity contribution is -0.127. The summed E-state index contributed by atoms with van der Waals surface area (Å²) in [6, 6.07) is 8.92. The zero-order valence-corrected chi connectivity index (χ0v) is 14.9. The number of para-hydroxylation sites is 1. The summed E-state index contributed by atoms with van der Waals surface area (Å²) in [5.74, 6) is 0.212. The molecule has 1 saturated carbocycles. The third kappa shape index (κ3) is 5.30. The minimum atomic E-state index is -0.672. The number of aromatic amines is 1. The molecule has 1 fully saturated rings. The summed E-state index contributed by atoms with van der Waals surface area (Å²) in [5.41, 5.74) is 0. The Bertz CT molecular complexity index is 735. The van der Waals surface area contributed by atoms with Crippen LogP contribution in [0.4, 0.5) is 0 Å². The van der Waals surface area contributed by atoms with Gasteiger partial charge in [-0.05, 0) is 31.4 Å². The van der Waals surface area contributed by atoms with Crippen molar-refractivity contribution in [2.75, 3.05) is 13.2 Å². The molecule has 1 aliphatic rings. The van der Waals surface area contributed by atoms with Gasteiger partial charge in [0.15, 0.2) is 5.82 Å². The van der Waals surface area contributed by atoms with E-state index >= 15 is 0 Å². The molecule has 27 heavy (non-hydrogen) atoms. The van der Waals surface area contributed by atoms with Gasteiger partial charge in [0.1, 0.15) is 12.4 Å². The van der Waals surface area contributed by atoms with Gasteiger partial charge >= 0.3 is 0 Å². The zero-order valence-electron chi connectivity index (χ0n) is 14.9. The van der Waals surface area contributed by atoms with Crippen molar-refractivity contribution in [3.8, 4) is 5.75 Å². The van der Waals surface area contributed by atoms with Crippen LogP contribution in [0.25, 0.3) is 0 Å². The molecule has 0 radical (unpaired) electrons. The van der Waals surface area contributed by atoms with E-state index in [0.717, 1.165) is 5.75 Å².